The monoisotopic (exact) mass is 518 g/mol. The van der Waals surface area contributed by atoms with E-state index in [1.807, 2.05) is 7.05 Å². The maximum Gasteiger partial charge on any atom is 0.191 e. The molecule has 0 bridgehead atoms. The van der Waals surface area contributed by atoms with Crippen molar-refractivity contribution in [1.82, 2.24) is 25.4 Å². The van der Waals surface area contributed by atoms with Crippen molar-refractivity contribution in [3.05, 3.63) is 46.5 Å². The molecule has 2 aromatic rings. The number of halogens is 2. The number of aliphatic imine (C=N–C) groups is 1. The van der Waals surface area contributed by atoms with Crippen molar-refractivity contribution >= 4 is 45.9 Å². The molecular formula is C17H24BrIN6. The molecule has 1 aromatic heterocycles. The Morgan fingerprint density at radius 1 is 1.36 bits per heavy atom. The molecule has 3 rings (SSSR count). The normalized spacial score (nSPS) is 15.4. The molecule has 1 aliphatic carbocycles. The summed E-state index contributed by atoms with van der Waals surface area (Å²) in [4.78, 5) is 8.83. The minimum Gasteiger partial charge on any atom is -0.357 e. The molecule has 136 valence electrons. The molecule has 8 heteroatoms. The molecule has 0 spiro atoms. The van der Waals surface area contributed by atoms with Crippen LogP contribution in [0.5, 0.6) is 0 Å². The second-order valence-electron chi connectivity index (χ2n) is 6.14. The molecule has 1 aromatic carbocycles. The maximum absolute atomic E-state index is 4.62. The summed E-state index contributed by atoms with van der Waals surface area (Å²) < 4.78 is 2.88. The second-order valence-corrected chi connectivity index (χ2v) is 7.05. The van der Waals surface area contributed by atoms with E-state index in [1.165, 1.54) is 18.4 Å². The fourth-order valence-corrected chi connectivity index (χ4v) is 3.14. The smallest absolute Gasteiger partial charge is 0.191 e. The third kappa shape index (κ3) is 5.16. The molecule has 0 aliphatic heterocycles. The number of aromatic nitrogens is 3. The van der Waals surface area contributed by atoms with Crippen LogP contribution in [0.4, 0.5) is 0 Å². The second kappa shape index (κ2) is 8.98. The van der Waals surface area contributed by atoms with Gasteiger partial charge in [-0.05, 0) is 37.5 Å². The van der Waals surface area contributed by atoms with Crippen LogP contribution in [0.2, 0.25) is 0 Å². The highest BCUT2D eigenvalue weighted by molar-refractivity contribution is 14.0. The first-order chi connectivity index (χ1) is 11.6. The van der Waals surface area contributed by atoms with E-state index in [-0.39, 0.29) is 29.4 Å². The number of hydrogen-bond donors (Lipinski definition) is 2. The summed E-state index contributed by atoms with van der Waals surface area (Å²) in [6.45, 7) is 4.29. The molecule has 25 heavy (non-hydrogen) atoms. The van der Waals surface area contributed by atoms with E-state index in [0.29, 0.717) is 6.54 Å². The Morgan fingerprint density at radius 2 is 2.16 bits per heavy atom. The van der Waals surface area contributed by atoms with Crippen LogP contribution in [0.3, 0.4) is 0 Å². The van der Waals surface area contributed by atoms with Gasteiger partial charge in [-0.2, -0.15) is 5.10 Å². The lowest BCUT2D eigenvalue weighted by atomic mass is 9.96. The van der Waals surface area contributed by atoms with Crippen LogP contribution in [-0.2, 0) is 19.0 Å². The van der Waals surface area contributed by atoms with Crippen molar-refractivity contribution in [1.29, 1.82) is 0 Å². The molecule has 0 unspecified atom stereocenters. The van der Waals surface area contributed by atoms with Gasteiger partial charge in [-0.15, -0.1) is 24.0 Å². The fraction of sp³-hybridized carbons (Fsp3) is 0.471. The van der Waals surface area contributed by atoms with Crippen LogP contribution in [-0.4, -0.2) is 33.8 Å². The van der Waals surface area contributed by atoms with Crippen molar-refractivity contribution in [2.24, 2.45) is 12.0 Å². The van der Waals surface area contributed by atoms with E-state index in [2.05, 4.69) is 72.8 Å². The zero-order valence-electron chi connectivity index (χ0n) is 14.5. The number of nitrogens with one attached hydrogen (secondary N) is 2. The summed E-state index contributed by atoms with van der Waals surface area (Å²) in [5, 5.41) is 10.9. The maximum atomic E-state index is 4.62. The van der Waals surface area contributed by atoms with Crippen molar-refractivity contribution in [2.45, 2.75) is 31.7 Å². The van der Waals surface area contributed by atoms with Crippen LogP contribution in [0.15, 0.2) is 40.1 Å². The molecule has 0 atom stereocenters. The Labute approximate surface area is 174 Å². The van der Waals surface area contributed by atoms with Crippen LogP contribution in [0.1, 0.15) is 31.2 Å². The molecule has 0 radical (unpaired) electrons. The molecular weight excluding hydrogens is 495 g/mol. The number of hydrogen-bond acceptors (Lipinski definition) is 3. The molecule has 1 saturated carbocycles. The number of aryl methyl sites for hydroxylation is 1. The quantitative estimate of drug-likeness (QED) is 0.350. The summed E-state index contributed by atoms with van der Waals surface area (Å²) in [6, 6.07) is 8.60. The third-order valence-corrected chi connectivity index (χ3v) is 4.91. The fourth-order valence-electron chi connectivity index (χ4n) is 2.74. The topological polar surface area (TPSA) is 67.1 Å². The minimum atomic E-state index is 0. The number of guanidine groups is 1. The van der Waals surface area contributed by atoms with Crippen LogP contribution >= 0.6 is 39.9 Å². The third-order valence-electron chi connectivity index (χ3n) is 4.41. The lowest BCUT2D eigenvalue weighted by Gasteiger charge is -2.19. The van der Waals surface area contributed by atoms with Crippen molar-refractivity contribution in [2.75, 3.05) is 13.1 Å². The van der Waals surface area contributed by atoms with Gasteiger partial charge >= 0.3 is 0 Å². The first-order valence-corrected chi connectivity index (χ1v) is 9.03. The highest BCUT2D eigenvalue weighted by Crippen LogP contribution is 2.48. The molecule has 0 saturated heterocycles. The number of rotatable bonds is 6. The Kier molecular flexibility index (Phi) is 7.24. The van der Waals surface area contributed by atoms with Crippen LogP contribution in [0, 0.1) is 0 Å². The SMILES string of the molecule is CCNC(=NCc1ncnn1C)NCC1(c2cccc(Br)c2)CC1.I. The van der Waals surface area contributed by atoms with Crippen LogP contribution < -0.4 is 10.6 Å². The van der Waals surface area contributed by atoms with Gasteiger partial charge in [0.05, 0.1) is 0 Å². The van der Waals surface area contributed by atoms with Gasteiger partial charge in [-0.25, -0.2) is 9.98 Å². The van der Waals surface area contributed by atoms with Crippen molar-refractivity contribution < 1.29 is 0 Å². The van der Waals surface area contributed by atoms with E-state index in [0.717, 1.165) is 29.3 Å². The molecule has 1 aliphatic rings. The van der Waals surface area contributed by atoms with E-state index in [9.17, 15) is 0 Å². The highest BCUT2D eigenvalue weighted by atomic mass is 127. The predicted octanol–water partition coefficient (Wildman–Crippen LogP) is 2.98. The first kappa shape index (κ1) is 20.2. The number of nitrogens with zero attached hydrogens (tertiary/aromatic N) is 4. The number of benzene rings is 1. The molecule has 1 heterocycles. The molecule has 0 amide bonds. The Hall–Kier alpha value is -1.16. The summed E-state index contributed by atoms with van der Waals surface area (Å²) in [5.41, 5.74) is 1.61. The van der Waals surface area contributed by atoms with Crippen molar-refractivity contribution in [3.63, 3.8) is 0 Å². The average molecular weight is 519 g/mol. The summed E-state index contributed by atoms with van der Waals surface area (Å²) >= 11 is 3.57. The van der Waals surface area contributed by atoms with Gasteiger partial charge < -0.3 is 10.6 Å². The molecule has 1 fully saturated rings. The summed E-state index contributed by atoms with van der Waals surface area (Å²) in [7, 11) is 1.88. The molecule has 6 nitrogen and oxygen atoms in total. The van der Waals surface area contributed by atoms with Gasteiger partial charge in [-0.3, -0.25) is 4.68 Å². The van der Waals surface area contributed by atoms with Gasteiger partial charge in [0, 0.05) is 30.0 Å². The lowest BCUT2D eigenvalue weighted by Crippen LogP contribution is -2.41. The zero-order valence-corrected chi connectivity index (χ0v) is 18.4. The van der Waals surface area contributed by atoms with Gasteiger partial charge in [0.2, 0.25) is 0 Å². The Morgan fingerprint density at radius 3 is 2.76 bits per heavy atom. The summed E-state index contributed by atoms with van der Waals surface area (Å²) in [5.74, 6) is 1.67. The lowest BCUT2D eigenvalue weighted by molar-refractivity contribution is 0.642. The standard InChI is InChI=1S/C17H23BrN6.HI/c1-3-19-16(20-10-15-22-12-23-24(15)2)21-11-17(7-8-17)13-5-4-6-14(18)9-13;/h4-6,9,12H,3,7-8,10-11H2,1-2H3,(H2,19,20,21);1H. The van der Waals surface area contributed by atoms with Crippen molar-refractivity contribution in [3.8, 4) is 0 Å². The Bertz CT molecular complexity index is 725. The average Bonchev–Trinajstić information content (AvgIpc) is 3.26. The minimum absolute atomic E-state index is 0. The zero-order chi connectivity index (χ0) is 17.0. The van der Waals surface area contributed by atoms with E-state index in [4.69, 9.17) is 0 Å². The van der Waals surface area contributed by atoms with E-state index in [1.54, 1.807) is 11.0 Å². The van der Waals surface area contributed by atoms with Gasteiger partial charge in [0.1, 0.15) is 18.7 Å². The van der Waals surface area contributed by atoms with Gasteiger partial charge in [0.15, 0.2) is 5.96 Å². The molecule has 2 N–H and O–H groups in total. The first-order valence-electron chi connectivity index (χ1n) is 8.24. The largest absolute Gasteiger partial charge is 0.357 e. The van der Waals surface area contributed by atoms with Crippen LogP contribution in [0.25, 0.3) is 0 Å². The van der Waals surface area contributed by atoms with E-state index >= 15 is 0 Å². The van der Waals surface area contributed by atoms with E-state index < -0.39 is 0 Å². The highest BCUT2D eigenvalue weighted by Gasteiger charge is 2.44. The Balaban J connectivity index is 0.00000225. The van der Waals surface area contributed by atoms with Gasteiger partial charge in [0.25, 0.3) is 0 Å². The predicted molar refractivity (Wildman–Crippen MR) is 114 cm³/mol. The van der Waals surface area contributed by atoms with Gasteiger partial charge in [-0.1, -0.05) is 28.1 Å². The summed E-state index contributed by atoms with van der Waals surface area (Å²) in [6.07, 6.45) is 3.97.